The minimum Gasteiger partial charge on any atom is -0.497 e. The maximum Gasteiger partial charge on any atom is 0.269 e. The number of methoxy groups -OCH3 is 2. The molecule has 4 aromatic carbocycles. The zero-order valence-electron chi connectivity index (χ0n) is 32.5. The van der Waals surface area contributed by atoms with E-state index in [1.54, 1.807) is 66.3 Å². The highest BCUT2D eigenvalue weighted by Gasteiger charge is 2.66. The Morgan fingerprint density at radius 3 is 2.30 bits per heavy atom. The average Bonchev–Trinajstić information content (AvgIpc) is 3.87. The first-order valence-electron chi connectivity index (χ1n) is 18.9. The summed E-state index contributed by atoms with van der Waals surface area (Å²) in [5.41, 5.74) is 1.85. The van der Waals surface area contributed by atoms with Crippen LogP contribution in [0.2, 0.25) is 18.6 Å². The van der Waals surface area contributed by atoms with Gasteiger partial charge in [-0.25, -0.2) is 0 Å². The van der Waals surface area contributed by atoms with E-state index in [1.165, 1.54) is 12.1 Å². The van der Waals surface area contributed by atoms with Gasteiger partial charge in [0.25, 0.3) is 17.5 Å². The number of carbonyl (C=O) groups is 2. The molecule has 15 heteroatoms. The van der Waals surface area contributed by atoms with Gasteiger partial charge in [0.2, 0.25) is 0 Å². The van der Waals surface area contributed by atoms with Gasteiger partial charge in [0.1, 0.15) is 11.5 Å². The Bertz CT molecular complexity index is 2260. The number of aliphatic hydroxyl groups excluding tert-OH is 1. The molecule has 4 atom stereocenters. The van der Waals surface area contributed by atoms with E-state index in [4.69, 9.17) is 14.2 Å². The molecule has 0 aliphatic carbocycles. The van der Waals surface area contributed by atoms with Crippen molar-refractivity contribution in [1.82, 2.24) is 15.0 Å². The second-order valence-corrected chi connectivity index (χ2v) is 19.8. The predicted molar refractivity (Wildman–Crippen MR) is 217 cm³/mol. The summed E-state index contributed by atoms with van der Waals surface area (Å²) >= 11 is 0. The smallest absolute Gasteiger partial charge is 0.269 e. The van der Waals surface area contributed by atoms with Crippen molar-refractivity contribution in [3.8, 4) is 11.5 Å². The maximum absolute atomic E-state index is 15.2. The molecule has 57 heavy (non-hydrogen) atoms. The molecule has 2 N–H and O–H groups in total. The topological polar surface area (TPSA) is 171 Å². The van der Waals surface area contributed by atoms with Crippen molar-refractivity contribution in [2.45, 2.75) is 63.2 Å². The lowest BCUT2D eigenvalue weighted by atomic mass is 9.82. The molecule has 0 unspecified atom stereocenters. The van der Waals surface area contributed by atoms with Crippen molar-refractivity contribution in [2.24, 2.45) is 5.92 Å². The van der Waals surface area contributed by atoms with Crippen LogP contribution in [0.25, 0.3) is 0 Å². The lowest BCUT2D eigenvalue weighted by Gasteiger charge is -2.37. The van der Waals surface area contributed by atoms with E-state index in [1.807, 2.05) is 37.4 Å². The van der Waals surface area contributed by atoms with Gasteiger partial charge in [-0.1, -0.05) is 54.7 Å². The van der Waals surface area contributed by atoms with Crippen LogP contribution < -0.4 is 24.9 Å². The van der Waals surface area contributed by atoms with Crippen molar-refractivity contribution in [2.75, 3.05) is 31.0 Å². The van der Waals surface area contributed by atoms with Crippen molar-refractivity contribution in [3.05, 3.63) is 130 Å². The monoisotopic (exact) mass is 790 g/mol. The molecule has 1 fully saturated rings. The second kappa shape index (κ2) is 15.9. The Labute approximate surface area is 331 Å². The first-order valence-corrected chi connectivity index (χ1v) is 21.9. The number of hydrogen-bond acceptors (Lipinski definition) is 10. The Kier molecular flexibility index (Phi) is 11.0. The number of ether oxygens (including phenoxy) is 3. The van der Waals surface area contributed by atoms with E-state index >= 15 is 4.79 Å². The van der Waals surface area contributed by atoms with Crippen LogP contribution in [0, 0.1) is 16.0 Å². The number of anilines is 2. The third-order valence-corrected chi connectivity index (χ3v) is 15.9. The number of carbonyl (C=O) groups excluding carboxylic acids is 2. The zero-order valence-corrected chi connectivity index (χ0v) is 33.5. The molecule has 5 aromatic rings. The minimum absolute atomic E-state index is 0.0381. The normalized spacial score (nSPS) is 20.1. The van der Waals surface area contributed by atoms with Gasteiger partial charge in [0.05, 0.1) is 51.2 Å². The van der Waals surface area contributed by atoms with E-state index in [-0.39, 0.29) is 42.1 Å². The van der Waals surface area contributed by atoms with Crippen LogP contribution in [0.4, 0.5) is 17.1 Å². The SMILES string of the molecule is COc1ccc(C(=O)Nc2ccc(CN3C(=O)[C@@]4(O[C@@H](CCn5cc(CCO)nn5)[C@H]([Si](C)(C)c5ccc(OC)cc5)[C@H]4C)c4cc([N+](=O)[O-])ccc43)cc2)cc1. The zero-order chi connectivity index (χ0) is 40.5. The number of benzene rings is 4. The number of nitrogens with one attached hydrogen (secondary N) is 1. The Morgan fingerprint density at radius 2 is 1.67 bits per heavy atom. The molecule has 3 heterocycles. The molecule has 0 bridgehead atoms. The van der Waals surface area contributed by atoms with Crippen LogP contribution in [0.3, 0.4) is 0 Å². The van der Waals surface area contributed by atoms with E-state index in [0.717, 1.165) is 16.5 Å². The number of nitro benzene ring substituents is 1. The van der Waals surface area contributed by atoms with Crippen LogP contribution >= 0.6 is 0 Å². The number of hydrogen-bond donors (Lipinski definition) is 2. The van der Waals surface area contributed by atoms with Gasteiger partial charge < -0.3 is 29.5 Å². The Morgan fingerprint density at radius 1 is 1.00 bits per heavy atom. The van der Waals surface area contributed by atoms with Crippen molar-refractivity contribution >= 4 is 42.1 Å². The van der Waals surface area contributed by atoms with Crippen LogP contribution in [0.1, 0.15) is 40.5 Å². The van der Waals surface area contributed by atoms with E-state index in [9.17, 15) is 20.0 Å². The van der Waals surface area contributed by atoms with Crippen molar-refractivity contribution < 1.29 is 33.8 Å². The average molecular weight is 791 g/mol. The summed E-state index contributed by atoms with van der Waals surface area (Å²) in [6.07, 6.45) is 2.29. The first kappa shape index (κ1) is 39.3. The molecular formula is C42H46N6O8Si. The summed E-state index contributed by atoms with van der Waals surface area (Å²) in [4.78, 5) is 41.5. The van der Waals surface area contributed by atoms with Gasteiger partial charge in [-0.2, -0.15) is 0 Å². The number of nitrogens with zero attached hydrogens (tertiary/aromatic N) is 5. The number of fused-ring (bicyclic) bond motifs is 2. The van der Waals surface area contributed by atoms with Crippen LogP contribution in [0.5, 0.6) is 11.5 Å². The highest BCUT2D eigenvalue weighted by atomic mass is 28.3. The van der Waals surface area contributed by atoms with Crippen LogP contribution in [-0.4, -0.2) is 71.8 Å². The largest absolute Gasteiger partial charge is 0.497 e. The molecule has 2 aliphatic rings. The van der Waals surface area contributed by atoms with Gasteiger partial charge in [-0.3, -0.25) is 24.4 Å². The molecule has 7 rings (SSSR count). The Hall–Kier alpha value is -5.90. The van der Waals surface area contributed by atoms with E-state index in [0.29, 0.717) is 53.3 Å². The van der Waals surface area contributed by atoms with Gasteiger partial charge in [-0.05, 0) is 72.1 Å². The summed E-state index contributed by atoms with van der Waals surface area (Å²) in [6.45, 7) is 7.19. The Balaban J connectivity index is 1.22. The summed E-state index contributed by atoms with van der Waals surface area (Å²) in [5.74, 6) is 0.468. The van der Waals surface area contributed by atoms with Gasteiger partial charge >= 0.3 is 0 Å². The molecule has 296 valence electrons. The third-order valence-electron chi connectivity index (χ3n) is 11.5. The number of aromatic nitrogens is 3. The molecule has 1 aromatic heterocycles. The number of amides is 2. The second-order valence-electron chi connectivity index (χ2n) is 15.1. The molecular weight excluding hydrogens is 745 g/mol. The summed E-state index contributed by atoms with van der Waals surface area (Å²) in [5, 5.41) is 34.1. The molecule has 1 spiro atoms. The lowest BCUT2D eigenvalue weighted by molar-refractivity contribution is -0.385. The number of aryl methyl sites for hydroxylation is 1. The van der Waals surface area contributed by atoms with Crippen molar-refractivity contribution in [1.29, 1.82) is 0 Å². The quantitative estimate of drug-likeness (QED) is 0.0791. The van der Waals surface area contributed by atoms with Crippen molar-refractivity contribution in [3.63, 3.8) is 0 Å². The standard InChI is InChI=1S/C42H46N6O8Si/c1-27-39(57(4,5)35-17-15-34(55-3)16-18-35)38(20-22-46-26-31(21-23-49)44-45-46)56-42(27)36-24-32(48(52)53)12-19-37(36)47(41(42)51)25-28-6-10-30(11-7-28)43-40(50)29-8-13-33(54-2)14-9-29/h6-19,24,26-27,38-39,49H,20-23,25H2,1-5H3,(H,43,50)/t27-,38+,39-,42+/m1/s1. The highest BCUT2D eigenvalue weighted by molar-refractivity contribution is 6.91. The third kappa shape index (κ3) is 7.41. The summed E-state index contributed by atoms with van der Waals surface area (Å²) in [6, 6.07) is 26.7. The molecule has 14 nitrogen and oxygen atoms in total. The molecule has 0 saturated carbocycles. The van der Waals surface area contributed by atoms with E-state index < -0.39 is 24.7 Å². The van der Waals surface area contributed by atoms with Crippen LogP contribution in [0.15, 0.2) is 97.2 Å². The summed E-state index contributed by atoms with van der Waals surface area (Å²) in [7, 11) is 0.710. The molecule has 0 radical (unpaired) electrons. The number of aliphatic hydroxyl groups is 1. The fourth-order valence-electron chi connectivity index (χ4n) is 8.60. The fraction of sp³-hybridized carbons (Fsp3) is 0.333. The molecule has 2 amide bonds. The van der Waals surface area contributed by atoms with Gasteiger partial charge in [0, 0.05) is 60.6 Å². The minimum atomic E-state index is -2.48. The fourth-order valence-corrected chi connectivity index (χ4v) is 12.7. The number of nitro groups is 1. The van der Waals surface area contributed by atoms with Gasteiger partial charge in [-0.15, -0.1) is 5.10 Å². The predicted octanol–water partition coefficient (Wildman–Crippen LogP) is 5.84. The molecule has 2 aliphatic heterocycles. The maximum atomic E-state index is 15.2. The van der Waals surface area contributed by atoms with E-state index in [2.05, 4.69) is 40.9 Å². The summed E-state index contributed by atoms with van der Waals surface area (Å²) < 4.78 is 19.5. The first-order chi connectivity index (χ1) is 27.4. The highest BCUT2D eigenvalue weighted by Crippen LogP contribution is 2.60. The van der Waals surface area contributed by atoms with Gasteiger partial charge in [0.15, 0.2) is 5.60 Å². The lowest BCUT2D eigenvalue weighted by Crippen LogP contribution is -2.51. The number of non-ortho nitro benzene ring substituents is 1. The molecule has 1 saturated heterocycles. The van der Waals surface area contributed by atoms with Crippen LogP contribution in [-0.2, 0) is 34.6 Å². The number of rotatable bonds is 14.